The number of phenolic OH excluding ortho intramolecular Hbond substituents is 1. The van der Waals surface area contributed by atoms with Crippen LogP contribution in [-0.2, 0) is 9.47 Å². The van der Waals surface area contributed by atoms with Crippen molar-refractivity contribution in [1.82, 2.24) is 0 Å². The molecule has 1 aromatic rings. The second-order valence-electron chi connectivity index (χ2n) is 6.13. The lowest BCUT2D eigenvalue weighted by atomic mass is 10.1. The average Bonchev–Trinajstić information content (AvgIpc) is 2.60. The number of hydrogen-bond acceptors (Lipinski definition) is 5. The summed E-state index contributed by atoms with van der Waals surface area (Å²) in [7, 11) is 0. The predicted octanol–water partition coefficient (Wildman–Crippen LogP) is 4.87. The second-order valence-corrected chi connectivity index (χ2v) is 6.13. The Morgan fingerprint density at radius 1 is 0.840 bits per heavy atom. The van der Waals surface area contributed by atoms with Gasteiger partial charge < -0.3 is 14.6 Å². The molecule has 0 aliphatic heterocycles. The fourth-order valence-corrected chi connectivity index (χ4v) is 2.38. The van der Waals surface area contributed by atoms with E-state index in [1.807, 2.05) is 0 Å². The molecule has 1 N–H and O–H groups in total. The molecule has 0 saturated heterocycles. The molecule has 1 rings (SSSR count). The Bertz CT molecular complexity index is 539. The lowest BCUT2D eigenvalue weighted by Gasteiger charge is -2.08. The van der Waals surface area contributed by atoms with Crippen LogP contribution >= 0.6 is 0 Å². The van der Waals surface area contributed by atoms with E-state index in [-0.39, 0.29) is 16.9 Å². The molecular weight excluding hydrogens is 320 g/mol. The van der Waals surface area contributed by atoms with Gasteiger partial charge >= 0.3 is 11.9 Å². The smallest absolute Gasteiger partial charge is 0.341 e. The number of carbonyl (C=O) groups excluding carboxylic acids is 2. The van der Waals surface area contributed by atoms with Crippen molar-refractivity contribution in [3.63, 3.8) is 0 Å². The van der Waals surface area contributed by atoms with Crippen molar-refractivity contribution in [2.75, 3.05) is 13.2 Å². The molecule has 0 spiro atoms. The standard InChI is InChI=1S/C20H30O5/c1-3-5-7-9-13-24-19(22)16-11-12-17(18(21)15-16)20(23)25-14-10-8-6-4-2/h11-12,15,21H,3-10,13-14H2,1-2H3. The molecule has 0 bridgehead atoms. The van der Waals surface area contributed by atoms with E-state index in [2.05, 4.69) is 13.8 Å². The van der Waals surface area contributed by atoms with E-state index >= 15 is 0 Å². The van der Waals surface area contributed by atoms with Crippen molar-refractivity contribution < 1.29 is 24.2 Å². The Kier molecular flexibility index (Phi) is 10.4. The third-order valence-electron chi connectivity index (χ3n) is 3.92. The van der Waals surface area contributed by atoms with Gasteiger partial charge in [-0.25, -0.2) is 9.59 Å². The van der Waals surface area contributed by atoms with Crippen LogP contribution in [0.25, 0.3) is 0 Å². The first-order valence-corrected chi connectivity index (χ1v) is 9.27. The maximum atomic E-state index is 12.0. The first-order valence-electron chi connectivity index (χ1n) is 9.27. The highest BCUT2D eigenvalue weighted by molar-refractivity contribution is 5.95. The van der Waals surface area contributed by atoms with Gasteiger partial charge in [-0.1, -0.05) is 52.4 Å². The van der Waals surface area contributed by atoms with Gasteiger partial charge in [0, 0.05) is 0 Å². The third kappa shape index (κ3) is 8.05. The molecule has 5 heteroatoms. The van der Waals surface area contributed by atoms with E-state index in [4.69, 9.17) is 9.47 Å². The molecule has 0 fully saturated rings. The van der Waals surface area contributed by atoms with E-state index < -0.39 is 11.9 Å². The molecule has 0 heterocycles. The van der Waals surface area contributed by atoms with Crippen molar-refractivity contribution in [2.45, 2.75) is 65.2 Å². The Morgan fingerprint density at radius 2 is 1.40 bits per heavy atom. The quantitative estimate of drug-likeness (QED) is 0.430. The van der Waals surface area contributed by atoms with Crippen LogP contribution in [0.2, 0.25) is 0 Å². The van der Waals surface area contributed by atoms with Crippen LogP contribution < -0.4 is 0 Å². The van der Waals surface area contributed by atoms with Crippen LogP contribution in [-0.4, -0.2) is 30.3 Å². The molecule has 0 aliphatic carbocycles. The summed E-state index contributed by atoms with van der Waals surface area (Å²) < 4.78 is 10.3. The predicted molar refractivity (Wildman–Crippen MR) is 97.0 cm³/mol. The van der Waals surface area contributed by atoms with Gasteiger partial charge in [0.2, 0.25) is 0 Å². The number of rotatable bonds is 12. The summed E-state index contributed by atoms with van der Waals surface area (Å²) in [5.74, 6) is -1.33. The van der Waals surface area contributed by atoms with Gasteiger partial charge in [0.15, 0.2) is 0 Å². The highest BCUT2D eigenvalue weighted by atomic mass is 16.5. The largest absolute Gasteiger partial charge is 0.507 e. The zero-order valence-corrected chi connectivity index (χ0v) is 15.4. The summed E-state index contributed by atoms with van der Waals surface area (Å²) in [4.78, 5) is 23.9. The summed E-state index contributed by atoms with van der Waals surface area (Å²) in [6.07, 6.45) is 8.14. The van der Waals surface area contributed by atoms with Gasteiger partial charge in [-0.05, 0) is 31.0 Å². The molecule has 0 atom stereocenters. The summed E-state index contributed by atoms with van der Waals surface area (Å²) in [6, 6.07) is 4.13. The minimum absolute atomic E-state index is 0.0648. The highest BCUT2D eigenvalue weighted by Crippen LogP contribution is 2.20. The Labute approximate surface area is 150 Å². The summed E-state index contributed by atoms with van der Waals surface area (Å²) in [6.45, 7) is 4.93. The van der Waals surface area contributed by atoms with Gasteiger partial charge in [-0.2, -0.15) is 0 Å². The minimum atomic E-state index is -0.575. The Morgan fingerprint density at radius 3 is 1.92 bits per heavy atom. The fourth-order valence-electron chi connectivity index (χ4n) is 2.38. The first kappa shape index (κ1) is 21.0. The first-order chi connectivity index (χ1) is 12.1. The molecule has 0 radical (unpaired) electrons. The second kappa shape index (κ2) is 12.3. The highest BCUT2D eigenvalue weighted by Gasteiger charge is 2.16. The molecule has 0 amide bonds. The number of ether oxygens (including phenoxy) is 2. The number of esters is 2. The number of unbranched alkanes of at least 4 members (excludes halogenated alkanes) is 6. The van der Waals surface area contributed by atoms with E-state index in [0.29, 0.717) is 13.2 Å². The summed E-state index contributed by atoms with van der Waals surface area (Å²) in [5.41, 5.74) is 0.294. The van der Waals surface area contributed by atoms with Crippen LogP contribution in [0, 0.1) is 0 Å². The molecule has 0 aliphatic rings. The molecule has 0 aromatic heterocycles. The zero-order valence-electron chi connectivity index (χ0n) is 15.4. The van der Waals surface area contributed by atoms with E-state index in [1.54, 1.807) is 0 Å². The van der Waals surface area contributed by atoms with Crippen molar-refractivity contribution in [1.29, 1.82) is 0 Å². The molecular formula is C20H30O5. The number of hydrogen-bond donors (Lipinski definition) is 1. The normalized spacial score (nSPS) is 10.5. The average molecular weight is 350 g/mol. The maximum Gasteiger partial charge on any atom is 0.341 e. The van der Waals surface area contributed by atoms with Crippen molar-refractivity contribution in [3.05, 3.63) is 29.3 Å². The lowest BCUT2D eigenvalue weighted by molar-refractivity contribution is 0.0480. The van der Waals surface area contributed by atoms with Gasteiger partial charge in [0.05, 0.1) is 18.8 Å². The zero-order chi connectivity index (χ0) is 18.5. The maximum absolute atomic E-state index is 12.0. The SMILES string of the molecule is CCCCCCOC(=O)c1ccc(C(=O)OCCCCCC)c(O)c1. The fraction of sp³-hybridized carbons (Fsp3) is 0.600. The van der Waals surface area contributed by atoms with Crippen molar-refractivity contribution in [3.8, 4) is 5.75 Å². The molecule has 0 saturated carbocycles. The van der Waals surface area contributed by atoms with Crippen LogP contribution in [0.15, 0.2) is 18.2 Å². The Hall–Kier alpha value is -2.04. The third-order valence-corrected chi connectivity index (χ3v) is 3.92. The lowest BCUT2D eigenvalue weighted by Crippen LogP contribution is -2.09. The molecule has 25 heavy (non-hydrogen) atoms. The molecule has 140 valence electrons. The minimum Gasteiger partial charge on any atom is -0.507 e. The van der Waals surface area contributed by atoms with Crippen LogP contribution in [0.4, 0.5) is 0 Å². The molecule has 1 aromatic carbocycles. The topological polar surface area (TPSA) is 72.8 Å². The van der Waals surface area contributed by atoms with Crippen molar-refractivity contribution in [2.24, 2.45) is 0 Å². The number of benzene rings is 1. The number of phenols is 1. The van der Waals surface area contributed by atoms with E-state index in [9.17, 15) is 14.7 Å². The van der Waals surface area contributed by atoms with E-state index in [0.717, 1.165) is 51.4 Å². The van der Waals surface area contributed by atoms with Gasteiger partial charge in [0.1, 0.15) is 11.3 Å². The van der Waals surface area contributed by atoms with Gasteiger partial charge in [0.25, 0.3) is 0 Å². The summed E-state index contributed by atoms with van der Waals surface area (Å²) >= 11 is 0. The molecule has 0 unspecified atom stereocenters. The van der Waals surface area contributed by atoms with Crippen LogP contribution in [0.5, 0.6) is 5.75 Å². The van der Waals surface area contributed by atoms with Crippen molar-refractivity contribution >= 4 is 11.9 Å². The monoisotopic (exact) mass is 350 g/mol. The molecule has 5 nitrogen and oxygen atoms in total. The van der Waals surface area contributed by atoms with Gasteiger partial charge in [-0.3, -0.25) is 0 Å². The number of carbonyl (C=O) groups is 2. The van der Waals surface area contributed by atoms with Crippen LogP contribution in [0.1, 0.15) is 85.9 Å². The van der Waals surface area contributed by atoms with Crippen LogP contribution in [0.3, 0.4) is 0 Å². The summed E-state index contributed by atoms with van der Waals surface area (Å²) in [5, 5.41) is 9.98. The van der Waals surface area contributed by atoms with E-state index in [1.165, 1.54) is 18.2 Å². The Balaban J connectivity index is 2.47. The van der Waals surface area contributed by atoms with Gasteiger partial charge in [-0.15, -0.1) is 0 Å². The number of aromatic hydroxyl groups is 1.